The van der Waals surface area contributed by atoms with Gasteiger partial charge in [0.2, 0.25) is 0 Å². The van der Waals surface area contributed by atoms with Crippen molar-refractivity contribution in [2.75, 3.05) is 11.9 Å². The molecule has 1 aromatic rings. The van der Waals surface area contributed by atoms with Crippen molar-refractivity contribution in [3.05, 3.63) is 29.8 Å². The van der Waals surface area contributed by atoms with Gasteiger partial charge in [0, 0.05) is 24.3 Å². The lowest BCUT2D eigenvalue weighted by Crippen LogP contribution is -2.37. The highest BCUT2D eigenvalue weighted by atomic mass is 16.1. The quantitative estimate of drug-likeness (QED) is 0.681. The van der Waals surface area contributed by atoms with Gasteiger partial charge in [-0.15, -0.1) is 0 Å². The number of carbonyl (C=O) groups excluding carboxylic acids is 1. The van der Waals surface area contributed by atoms with E-state index in [0.717, 1.165) is 17.5 Å². The fraction of sp³-hybridized carbons (Fsp3) is 0.417. The third-order valence-electron chi connectivity index (χ3n) is 3.07. The Labute approximate surface area is 84.5 Å². The number of benzene rings is 1. The van der Waals surface area contributed by atoms with E-state index in [1.54, 1.807) is 0 Å². The second-order valence-electron chi connectivity index (χ2n) is 3.87. The lowest BCUT2D eigenvalue weighted by Gasteiger charge is -2.36. The molecular formula is C12H15NO. The van der Waals surface area contributed by atoms with Gasteiger partial charge in [0.05, 0.1) is 0 Å². The van der Waals surface area contributed by atoms with Crippen LogP contribution in [0.2, 0.25) is 0 Å². The van der Waals surface area contributed by atoms with Crippen molar-refractivity contribution < 1.29 is 4.79 Å². The monoisotopic (exact) mass is 189 g/mol. The summed E-state index contributed by atoms with van der Waals surface area (Å²) < 4.78 is 0. The molecule has 0 unspecified atom stereocenters. The molecule has 1 fully saturated rings. The summed E-state index contributed by atoms with van der Waals surface area (Å²) in [6.45, 7) is 0. The first-order valence-electron chi connectivity index (χ1n) is 5.10. The van der Waals surface area contributed by atoms with Crippen LogP contribution in [0, 0.1) is 0 Å². The number of nitrogens with zero attached hydrogens (tertiary/aromatic N) is 1. The minimum Gasteiger partial charge on any atom is -0.371 e. The molecule has 0 heterocycles. The van der Waals surface area contributed by atoms with Gasteiger partial charge in [-0.2, -0.15) is 0 Å². The van der Waals surface area contributed by atoms with Gasteiger partial charge in [0.15, 0.2) is 6.29 Å². The van der Waals surface area contributed by atoms with Gasteiger partial charge in [0.25, 0.3) is 0 Å². The summed E-state index contributed by atoms with van der Waals surface area (Å²) in [5, 5.41) is 0. The number of rotatable bonds is 3. The van der Waals surface area contributed by atoms with Crippen LogP contribution in [0.3, 0.4) is 0 Å². The van der Waals surface area contributed by atoms with E-state index in [4.69, 9.17) is 0 Å². The largest absolute Gasteiger partial charge is 0.371 e. The number of aldehydes is 1. The molecule has 0 saturated heterocycles. The van der Waals surface area contributed by atoms with Crippen molar-refractivity contribution in [1.29, 1.82) is 0 Å². The lowest BCUT2D eigenvalue weighted by molar-refractivity contribution is 0.112. The van der Waals surface area contributed by atoms with Crippen LogP contribution >= 0.6 is 0 Å². The molecule has 2 rings (SSSR count). The molecule has 2 heteroatoms. The first-order chi connectivity index (χ1) is 6.83. The van der Waals surface area contributed by atoms with Crippen LogP contribution in [-0.4, -0.2) is 19.4 Å². The minimum atomic E-state index is 0.635. The van der Waals surface area contributed by atoms with Crippen molar-refractivity contribution in [1.82, 2.24) is 0 Å². The van der Waals surface area contributed by atoms with Crippen LogP contribution in [-0.2, 0) is 0 Å². The fourth-order valence-corrected chi connectivity index (χ4v) is 1.88. The molecule has 0 N–H and O–H groups in total. The van der Waals surface area contributed by atoms with Crippen LogP contribution in [0.1, 0.15) is 29.6 Å². The topological polar surface area (TPSA) is 20.3 Å². The maximum Gasteiger partial charge on any atom is 0.152 e. The Balaban J connectivity index is 2.24. The van der Waals surface area contributed by atoms with Gasteiger partial charge in [0.1, 0.15) is 0 Å². The van der Waals surface area contributed by atoms with E-state index in [1.807, 2.05) is 24.3 Å². The van der Waals surface area contributed by atoms with Crippen molar-refractivity contribution in [2.45, 2.75) is 25.3 Å². The Morgan fingerprint density at radius 3 is 2.64 bits per heavy atom. The van der Waals surface area contributed by atoms with Gasteiger partial charge in [-0.3, -0.25) is 4.79 Å². The minimum absolute atomic E-state index is 0.635. The lowest BCUT2D eigenvalue weighted by atomic mass is 9.91. The van der Waals surface area contributed by atoms with Gasteiger partial charge in [-0.1, -0.05) is 12.1 Å². The molecule has 1 aliphatic carbocycles. The molecule has 0 aliphatic heterocycles. The molecule has 0 radical (unpaired) electrons. The average Bonchev–Trinajstić information content (AvgIpc) is 2.15. The number of hydrogen-bond donors (Lipinski definition) is 0. The van der Waals surface area contributed by atoms with Crippen LogP contribution in [0.15, 0.2) is 24.3 Å². The first-order valence-corrected chi connectivity index (χ1v) is 5.10. The zero-order chi connectivity index (χ0) is 9.97. The Bertz CT molecular complexity index is 331. The number of anilines is 1. The SMILES string of the molecule is CN(c1ccccc1C=O)C1CCC1. The van der Waals surface area contributed by atoms with E-state index in [1.165, 1.54) is 19.3 Å². The molecule has 0 aromatic heterocycles. The normalized spacial score (nSPS) is 16.1. The molecule has 0 spiro atoms. The van der Waals surface area contributed by atoms with E-state index in [0.29, 0.717) is 6.04 Å². The van der Waals surface area contributed by atoms with Crippen molar-refractivity contribution >= 4 is 12.0 Å². The molecule has 0 atom stereocenters. The fourth-order valence-electron chi connectivity index (χ4n) is 1.88. The molecule has 0 amide bonds. The highest BCUT2D eigenvalue weighted by molar-refractivity contribution is 5.84. The van der Waals surface area contributed by atoms with Gasteiger partial charge in [-0.25, -0.2) is 0 Å². The molecule has 1 saturated carbocycles. The maximum atomic E-state index is 10.8. The zero-order valence-electron chi connectivity index (χ0n) is 8.44. The Kier molecular flexibility index (Phi) is 2.53. The zero-order valence-corrected chi connectivity index (χ0v) is 8.44. The predicted octanol–water partition coefficient (Wildman–Crippen LogP) is 2.49. The van der Waals surface area contributed by atoms with Crippen molar-refractivity contribution in [3.63, 3.8) is 0 Å². The van der Waals surface area contributed by atoms with E-state index in [9.17, 15) is 4.79 Å². The summed E-state index contributed by atoms with van der Waals surface area (Å²) >= 11 is 0. The van der Waals surface area contributed by atoms with E-state index >= 15 is 0 Å². The average molecular weight is 189 g/mol. The second-order valence-corrected chi connectivity index (χ2v) is 3.87. The number of para-hydroxylation sites is 1. The van der Waals surface area contributed by atoms with Crippen LogP contribution in [0.5, 0.6) is 0 Å². The molecule has 0 bridgehead atoms. The maximum absolute atomic E-state index is 10.8. The van der Waals surface area contributed by atoms with Crippen molar-refractivity contribution in [3.8, 4) is 0 Å². The molecule has 1 aliphatic rings. The predicted molar refractivity (Wildman–Crippen MR) is 57.9 cm³/mol. The third-order valence-corrected chi connectivity index (χ3v) is 3.07. The molecular weight excluding hydrogens is 174 g/mol. The summed E-state index contributed by atoms with van der Waals surface area (Å²) in [4.78, 5) is 13.1. The molecule has 1 aromatic carbocycles. The Morgan fingerprint density at radius 1 is 1.36 bits per heavy atom. The van der Waals surface area contributed by atoms with Crippen LogP contribution in [0.25, 0.3) is 0 Å². The molecule has 2 nitrogen and oxygen atoms in total. The summed E-state index contributed by atoms with van der Waals surface area (Å²) in [6, 6.07) is 8.41. The summed E-state index contributed by atoms with van der Waals surface area (Å²) in [7, 11) is 2.08. The second kappa shape index (κ2) is 3.82. The summed E-state index contributed by atoms with van der Waals surface area (Å²) in [5.41, 5.74) is 1.86. The van der Waals surface area contributed by atoms with Gasteiger partial charge < -0.3 is 4.90 Å². The molecule has 74 valence electrons. The third kappa shape index (κ3) is 1.52. The van der Waals surface area contributed by atoms with E-state index in [-0.39, 0.29) is 0 Å². The highest BCUT2D eigenvalue weighted by Gasteiger charge is 2.23. The smallest absolute Gasteiger partial charge is 0.152 e. The number of carbonyl (C=O) groups is 1. The summed E-state index contributed by atoms with van der Waals surface area (Å²) in [6.07, 6.45) is 4.76. The Morgan fingerprint density at radius 2 is 2.07 bits per heavy atom. The summed E-state index contributed by atoms with van der Waals surface area (Å²) in [5.74, 6) is 0. The van der Waals surface area contributed by atoms with Gasteiger partial charge >= 0.3 is 0 Å². The van der Waals surface area contributed by atoms with Gasteiger partial charge in [-0.05, 0) is 31.4 Å². The van der Waals surface area contributed by atoms with Crippen molar-refractivity contribution in [2.24, 2.45) is 0 Å². The molecule has 14 heavy (non-hydrogen) atoms. The highest BCUT2D eigenvalue weighted by Crippen LogP contribution is 2.29. The van der Waals surface area contributed by atoms with E-state index in [2.05, 4.69) is 11.9 Å². The number of hydrogen-bond acceptors (Lipinski definition) is 2. The standard InChI is InChI=1S/C12H15NO/c1-13(11-6-4-7-11)12-8-3-2-5-10(12)9-14/h2-3,5,8-9,11H,4,6-7H2,1H3. The van der Waals surface area contributed by atoms with E-state index < -0.39 is 0 Å². The Hall–Kier alpha value is -1.31. The van der Waals surface area contributed by atoms with Crippen LogP contribution < -0.4 is 4.90 Å². The van der Waals surface area contributed by atoms with Crippen LogP contribution in [0.4, 0.5) is 5.69 Å². The first kappa shape index (κ1) is 9.25.